The number of amides is 1. The van der Waals surface area contributed by atoms with Gasteiger partial charge in [0.25, 0.3) is 0 Å². The molecular weight excluding hydrogens is 212 g/mol. The summed E-state index contributed by atoms with van der Waals surface area (Å²) < 4.78 is 0. The zero-order chi connectivity index (χ0) is 10.0. The van der Waals surface area contributed by atoms with Crippen molar-refractivity contribution < 1.29 is 4.79 Å². The number of hydrogen-bond donors (Lipinski definition) is 2. The maximum absolute atomic E-state index is 11.9. The van der Waals surface area contributed by atoms with Gasteiger partial charge in [0.15, 0.2) is 0 Å². The van der Waals surface area contributed by atoms with E-state index < -0.39 is 0 Å². The zero-order valence-corrected chi connectivity index (χ0v) is 10.2. The van der Waals surface area contributed by atoms with E-state index >= 15 is 0 Å². The highest BCUT2D eigenvalue weighted by Gasteiger charge is 2.38. The van der Waals surface area contributed by atoms with Gasteiger partial charge in [-0.25, -0.2) is 0 Å². The van der Waals surface area contributed by atoms with Gasteiger partial charge in [-0.15, -0.1) is 12.4 Å². The summed E-state index contributed by atoms with van der Waals surface area (Å²) in [7, 11) is 0. The van der Waals surface area contributed by atoms with Gasteiger partial charge in [0, 0.05) is 12.1 Å². The molecule has 1 aliphatic carbocycles. The smallest absolute Gasteiger partial charge is 0.224 e. The van der Waals surface area contributed by atoms with Crippen LogP contribution in [0, 0.1) is 5.92 Å². The summed E-state index contributed by atoms with van der Waals surface area (Å²) in [6, 6.07) is 0. The normalized spacial score (nSPS) is 27.7. The summed E-state index contributed by atoms with van der Waals surface area (Å²) in [4.78, 5) is 11.9. The molecular formula is C11H21ClN2O. The van der Waals surface area contributed by atoms with E-state index in [-0.39, 0.29) is 29.8 Å². The highest BCUT2D eigenvalue weighted by atomic mass is 35.5. The molecule has 1 saturated heterocycles. The van der Waals surface area contributed by atoms with Gasteiger partial charge < -0.3 is 10.6 Å². The monoisotopic (exact) mass is 232 g/mol. The molecule has 1 aliphatic heterocycles. The Labute approximate surface area is 97.8 Å². The number of halogens is 1. The van der Waals surface area contributed by atoms with Gasteiger partial charge in [0.05, 0.1) is 5.92 Å². The van der Waals surface area contributed by atoms with Crippen LogP contribution in [0.25, 0.3) is 0 Å². The standard InChI is InChI=1S/C11H20N2O.ClH/c1-2-11(5-3-6-11)13-10(14)9-4-7-12-8-9;/h9,12H,2-8H2,1H3,(H,13,14);1H/t9-;/m1./s1. The summed E-state index contributed by atoms with van der Waals surface area (Å²) in [5.74, 6) is 0.496. The Hall–Kier alpha value is -0.280. The second-order valence-electron chi connectivity index (χ2n) is 4.67. The van der Waals surface area contributed by atoms with Crippen LogP contribution in [0.1, 0.15) is 39.0 Å². The van der Waals surface area contributed by atoms with Crippen LogP contribution in [0.2, 0.25) is 0 Å². The van der Waals surface area contributed by atoms with Crippen molar-refractivity contribution >= 4 is 18.3 Å². The maximum atomic E-state index is 11.9. The van der Waals surface area contributed by atoms with E-state index in [2.05, 4.69) is 17.6 Å². The van der Waals surface area contributed by atoms with Crippen LogP contribution < -0.4 is 10.6 Å². The van der Waals surface area contributed by atoms with E-state index in [9.17, 15) is 4.79 Å². The minimum atomic E-state index is 0. The van der Waals surface area contributed by atoms with E-state index in [1.165, 1.54) is 19.3 Å². The Morgan fingerprint density at radius 1 is 1.53 bits per heavy atom. The van der Waals surface area contributed by atoms with Crippen LogP contribution in [0.3, 0.4) is 0 Å². The highest BCUT2D eigenvalue weighted by molar-refractivity contribution is 5.85. The van der Waals surface area contributed by atoms with E-state index in [4.69, 9.17) is 0 Å². The molecule has 0 spiro atoms. The number of nitrogens with one attached hydrogen (secondary N) is 2. The van der Waals surface area contributed by atoms with Crippen LogP contribution >= 0.6 is 12.4 Å². The van der Waals surface area contributed by atoms with E-state index in [0.29, 0.717) is 0 Å². The average Bonchev–Trinajstić information content (AvgIpc) is 2.63. The largest absolute Gasteiger partial charge is 0.350 e. The van der Waals surface area contributed by atoms with Crippen LogP contribution in [0.15, 0.2) is 0 Å². The Morgan fingerprint density at radius 2 is 2.27 bits per heavy atom. The van der Waals surface area contributed by atoms with E-state index in [1.54, 1.807) is 0 Å². The lowest BCUT2D eigenvalue weighted by Gasteiger charge is -2.42. The van der Waals surface area contributed by atoms with Crippen molar-refractivity contribution in [3.63, 3.8) is 0 Å². The maximum Gasteiger partial charge on any atom is 0.224 e. The fourth-order valence-corrected chi connectivity index (χ4v) is 2.41. The summed E-state index contributed by atoms with van der Waals surface area (Å²) in [5.41, 5.74) is 0.166. The lowest BCUT2D eigenvalue weighted by molar-refractivity contribution is -0.127. The third kappa shape index (κ3) is 2.64. The molecule has 15 heavy (non-hydrogen) atoms. The van der Waals surface area contributed by atoms with Crippen LogP contribution in [0.5, 0.6) is 0 Å². The number of carbonyl (C=O) groups excluding carboxylic acids is 1. The van der Waals surface area contributed by atoms with Crippen LogP contribution in [-0.2, 0) is 4.79 Å². The molecule has 1 amide bonds. The molecule has 2 rings (SSSR count). The summed E-state index contributed by atoms with van der Waals surface area (Å²) in [6.07, 6.45) is 5.71. The quantitative estimate of drug-likeness (QED) is 0.774. The summed E-state index contributed by atoms with van der Waals surface area (Å²) in [5, 5.41) is 6.47. The molecule has 0 aromatic rings. The Balaban J connectivity index is 0.00000112. The molecule has 2 fully saturated rings. The first-order valence-corrected chi connectivity index (χ1v) is 5.78. The predicted molar refractivity (Wildman–Crippen MR) is 63.2 cm³/mol. The minimum absolute atomic E-state index is 0. The first kappa shape index (κ1) is 12.8. The lowest BCUT2D eigenvalue weighted by atomic mass is 9.74. The van der Waals surface area contributed by atoms with Gasteiger partial charge in [0.2, 0.25) is 5.91 Å². The van der Waals surface area contributed by atoms with E-state index in [0.717, 1.165) is 25.9 Å². The topological polar surface area (TPSA) is 41.1 Å². The van der Waals surface area contributed by atoms with Gasteiger partial charge in [0.1, 0.15) is 0 Å². The van der Waals surface area contributed by atoms with Gasteiger partial charge in [-0.1, -0.05) is 6.92 Å². The second kappa shape index (κ2) is 5.17. The molecule has 88 valence electrons. The zero-order valence-electron chi connectivity index (χ0n) is 9.34. The summed E-state index contributed by atoms with van der Waals surface area (Å²) in [6.45, 7) is 4.04. The van der Waals surface area contributed by atoms with Crippen LogP contribution in [0.4, 0.5) is 0 Å². The van der Waals surface area contributed by atoms with Gasteiger partial charge >= 0.3 is 0 Å². The molecule has 0 radical (unpaired) electrons. The molecule has 0 aromatic heterocycles. The molecule has 0 aromatic carbocycles. The molecule has 4 heteroatoms. The third-order valence-electron chi connectivity index (χ3n) is 3.81. The molecule has 0 bridgehead atoms. The van der Waals surface area contributed by atoms with E-state index in [1.807, 2.05) is 0 Å². The summed E-state index contributed by atoms with van der Waals surface area (Å²) >= 11 is 0. The van der Waals surface area contributed by atoms with Gasteiger partial charge in [-0.3, -0.25) is 4.79 Å². The number of hydrogen-bond acceptors (Lipinski definition) is 2. The Kier molecular flexibility index (Phi) is 4.41. The van der Waals surface area contributed by atoms with Crippen molar-refractivity contribution in [2.75, 3.05) is 13.1 Å². The fraction of sp³-hybridized carbons (Fsp3) is 0.909. The second-order valence-corrected chi connectivity index (χ2v) is 4.67. The predicted octanol–water partition coefficient (Wildman–Crippen LogP) is 1.47. The van der Waals surface area contributed by atoms with Gasteiger partial charge in [-0.2, -0.15) is 0 Å². The molecule has 2 aliphatic rings. The van der Waals surface area contributed by atoms with Crippen molar-refractivity contribution in [2.45, 2.75) is 44.6 Å². The number of carbonyl (C=O) groups is 1. The molecule has 2 N–H and O–H groups in total. The average molecular weight is 233 g/mol. The van der Waals surface area contributed by atoms with Crippen molar-refractivity contribution in [3.05, 3.63) is 0 Å². The first-order valence-electron chi connectivity index (χ1n) is 5.78. The van der Waals surface area contributed by atoms with Crippen molar-refractivity contribution in [2.24, 2.45) is 5.92 Å². The lowest BCUT2D eigenvalue weighted by Crippen LogP contribution is -2.54. The molecule has 1 heterocycles. The highest BCUT2D eigenvalue weighted by Crippen LogP contribution is 2.34. The molecule has 1 atom stereocenters. The van der Waals surface area contributed by atoms with Crippen molar-refractivity contribution in [3.8, 4) is 0 Å². The Morgan fingerprint density at radius 3 is 2.67 bits per heavy atom. The molecule has 0 unspecified atom stereocenters. The molecule has 3 nitrogen and oxygen atoms in total. The van der Waals surface area contributed by atoms with Crippen LogP contribution in [-0.4, -0.2) is 24.5 Å². The fourth-order valence-electron chi connectivity index (χ4n) is 2.41. The molecule has 1 saturated carbocycles. The number of rotatable bonds is 3. The first-order chi connectivity index (χ1) is 6.76. The third-order valence-corrected chi connectivity index (χ3v) is 3.81. The Bertz CT molecular complexity index is 217. The van der Waals surface area contributed by atoms with Crippen molar-refractivity contribution in [1.29, 1.82) is 0 Å². The minimum Gasteiger partial charge on any atom is -0.350 e. The SMILES string of the molecule is CCC1(NC(=O)[C@@H]2CCNC2)CCC1.Cl. The van der Waals surface area contributed by atoms with Crippen molar-refractivity contribution in [1.82, 2.24) is 10.6 Å². The van der Waals surface area contributed by atoms with Gasteiger partial charge in [-0.05, 0) is 38.6 Å².